The normalized spacial score (nSPS) is 10.8. The first kappa shape index (κ1) is 14.8. The van der Waals surface area contributed by atoms with Crippen LogP contribution in [0.4, 0.5) is 0 Å². The summed E-state index contributed by atoms with van der Waals surface area (Å²) in [5.74, 6) is -1.34. The molecule has 3 rings (SSSR count). The number of rotatable bonds is 5. The van der Waals surface area contributed by atoms with Gasteiger partial charge in [-0.15, -0.1) is 0 Å². The number of primary amides is 1. The van der Waals surface area contributed by atoms with Crippen LogP contribution >= 0.6 is 0 Å². The first-order valence-electron chi connectivity index (χ1n) is 7.27. The summed E-state index contributed by atoms with van der Waals surface area (Å²) < 4.78 is 1.81. The number of hydrogen-bond acceptors (Lipinski definition) is 2. The highest BCUT2D eigenvalue weighted by molar-refractivity contribution is 5.99. The number of fused-ring (bicyclic) bond motifs is 1. The number of nitrogens with zero attached hydrogens (tertiary/aromatic N) is 1. The maximum absolute atomic E-state index is 11.8. The molecule has 0 fully saturated rings. The minimum absolute atomic E-state index is 0.0680. The van der Waals surface area contributed by atoms with Crippen molar-refractivity contribution in [2.45, 2.75) is 12.8 Å². The number of nitrogens with two attached hydrogens (primary N) is 1. The number of carbonyl (C=O) groups is 2. The molecule has 0 saturated heterocycles. The first-order valence-corrected chi connectivity index (χ1v) is 7.27. The van der Waals surface area contributed by atoms with Crippen LogP contribution in [-0.4, -0.2) is 21.6 Å². The molecule has 0 radical (unpaired) electrons. The topological polar surface area (TPSA) is 85.3 Å². The van der Waals surface area contributed by atoms with Crippen LogP contribution in [0.15, 0.2) is 54.6 Å². The van der Waals surface area contributed by atoms with Gasteiger partial charge in [-0.1, -0.05) is 30.3 Å². The summed E-state index contributed by atoms with van der Waals surface area (Å²) >= 11 is 0. The molecule has 3 aromatic rings. The SMILES string of the molecule is NC(=O)c1cc2ccccc2n1-c1cccc(CCC(=O)O)c1. The van der Waals surface area contributed by atoms with Crippen molar-refractivity contribution in [3.8, 4) is 5.69 Å². The number of amides is 1. The maximum Gasteiger partial charge on any atom is 0.303 e. The Kier molecular flexibility index (Phi) is 3.85. The molecule has 0 aliphatic rings. The molecule has 2 aromatic carbocycles. The van der Waals surface area contributed by atoms with Gasteiger partial charge in [0.05, 0.1) is 5.52 Å². The van der Waals surface area contributed by atoms with E-state index in [9.17, 15) is 9.59 Å². The zero-order valence-corrected chi connectivity index (χ0v) is 12.4. The quantitative estimate of drug-likeness (QED) is 0.760. The van der Waals surface area contributed by atoms with Gasteiger partial charge >= 0.3 is 5.97 Å². The molecular weight excluding hydrogens is 292 g/mol. The Morgan fingerprint density at radius 3 is 2.57 bits per heavy atom. The molecule has 0 unspecified atom stereocenters. The maximum atomic E-state index is 11.8. The molecular formula is C18H16N2O3. The van der Waals surface area contributed by atoms with Crippen molar-refractivity contribution >= 4 is 22.8 Å². The van der Waals surface area contributed by atoms with Crippen LogP contribution in [0.3, 0.4) is 0 Å². The van der Waals surface area contributed by atoms with Crippen molar-refractivity contribution in [1.29, 1.82) is 0 Å². The summed E-state index contributed by atoms with van der Waals surface area (Å²) in [4.78, 5) is 22.5. The lowest BCUT2D eigenvalue weighted by molar-refractivity contribution is -0.136. The zero-order valence-electron chi connectivity index (χ0n) is 12.4. The second kappa shape index (κ2) is 5.96. The minimum Gasteiger partial charge on any atom is -0.481 e. The number of carboxylic acid groups (broad SMARTS) is 1. The van der Waals surface area contributed by atoms with E-state index < -0.39 is 11.9 Å². The number of para-hydroxylation sites is 1. The minimum atomic E-state index is -0.834. The lowest BCUT2D eigenvalue weighted by atomic mass is 10.1. The van der Waals surface area contributed by atoms with Gasteiger partial charge in [-0.3, -0.25) is 9.59 Å². The van der Waals surface area contributed by atoms with Crippen molar-refractivity contribution < 1.29 is 14.7 Å². The molecule has 0 aliphatic heterocycles. The van der Waals surface area contributed by atoms with Gasteiger partial charge in [0, 0.05) is 17.5 Å². The van der Waals surface area contributed by atoms with Gasteiger partial charge in [-0.05, 0) is 36.2 Å². The predicted octanol–water partition coefficient (Wildman–Crippen LogP) is 2.75. The first-order chi connectivity index (χ1) is 11.1. The molecule has 1 heterocycles. The van der Waals surface area contributed by atoms with Crippen LogP contribution in [-0.2, 0) is 11.2 Å². The second-order valence-corrected chi connectivity index (χ2v) is 5.35. The average Bonchev–Trinajstić information content (AvgIpc) is 2.93. The molecule has 23 heavy (non-hydrogen) atoms. The molecule has 0 aliphatic carbocycles. The third-order valence-corrected chi connectivity index (χ3v) is 3.76. The van der Waals surface area contributed by atoms with E-state index in [1.807, 2.05) is 53.1 Å². The van der Waals surface area contributed by atoms with E-state index >= 15 is 0 Å². The summed E-state index contributed by atoms with van der Waals surface area (Å²) in [7, 11) is 0. The molecule has 5 nitrogen and oxygen atoms in total. The summed E-state index contributed by atoms with van der Waals surface area (Å²) in [6.07, 6.45) is 0.507. The smallest absolute Gasteiger partial charge is 0.303 e. The fraction of sp³-hybridized carbons (Fsp3) is 0.111. The lowest BCUT2D eigenvalue weighted by Gasteiger charge is -2.10. The molecule has 0 spiro atoms. The molecule has 1 amide bonds. The van der Waals surface area contributed by atoms with Crippen LogP contribution in [0, 0.1) is 0 Å². The van der Waals surface area contributed by atoms with Crippen LogP contribution in [0.1, 0.15) is 22.5 Å². The third-order valence-electron chi connectivity index (χ3n) is 3.76. The highest BCUT2D eigenvalue weighted by Gasteiger charge is 2.14. The highest BCUT2D eigenvalue weighted by atomic mass is 16.4. The van der Waals surface area contributed by atoms with Gasteiger partial charge in [0.1, 0.15) is 5.69 Å². The summed E-state index contributed by atoms with van der Waals surface area (Å²) in [5.41, 5.74) is 8.50. The van der Waals surface area contributed by atoms with Crippen molar-refractivity contribution in [3.05, 3.63) is 65.9 Å². The van der Waals surface area contributed by atoms with Gasteiger partial charge in [0.15, 0.2) is 0 Å². The van der Waals surface area contributed by atoms with E-state index in [1.165, 1.54) is 0 Å². The molecule has 3 N–H and O–H groups in total. The standard InChI is InChI=1S/C18H16N2O3/c19-18(23)16-11-13-5-1-2-7-15(13)20(16)14-6-3-4-12(10-14)8-9-17(21)22/h1-7,10-11H,8-9H2,(H2,19,23)(H,21,22). The summed E-state index contributed by atoms with van der Waals surface area (Å²) in [6.45, 7) is 0. The number of benzene rings is 2. The fourth-order valence-electron chi connectivity index (χ4n) is 2.72. The Hall–Kier alpha value is -3.08. The van der Waals surface area contributed by atoms with Crippen molar-refractivity contribution in [2.24, 2.45) is 5.73 Å². The van der Waals surface area contributed by atoms with E-state index in [0.29, 0.717) is 12.1 Å². The van der Waals surface area contributed by atoms with Crippen molar-refractivity contribution in [3.63, 3.8) is 0 Å². The molecule has 1 aromatic heterocycles. The number of carbonyl (C=O) groups excluding carboxylic acids is 1. The van der Waals surface area contributed by atoms with Crippen LogP contribution in [0.2, 0.25) is 0 Å². The molecule has 116 valence electrons. The Morgan fingerprint density at radius 1 is 1.04 bits per heavy atom. The number of hydrogen-bond donors (Lipinski definition) is 2. The summed E-state index contributed by atoms with van der Waals surface area (Å²) in [5, 5.41) is 9.75. The van der Waals surface area contributed by atoms with E-state index in [0.717, 1.165) is 22.2 Å². The number of aliphatic carboxylic acids is 1. The molecule has 0 atom stereocenters. The third kappa shape index (κ3) is 2.94. The van der Waals surface area contributed by atoms with Crippen molar-refractivity contribution in [2.75, 3.05) is 0 Å². The Balaban J connectivity index is 2.12. The lowest BCUT2D eigenvalue weighted by Crippen LogP contribution is -2.16. The van der Waals surface area contributed by atoms with E-state index in [4.69, 9.17) is 10.8 Å². The summed E-state index contributed by atoms with van der Waals surface area (Å²) in [6, 6.07) is 16.9. The largest absolute Gasteiger partial charge is 0.481 e. The monoisotopic (exact) mass is 308 g/mol. The number of aryl methyl sites for hydroxylation is 1. The Labute approximate surface area is 133 Å². The zero-order chi connectivity index (χ0) is 16.4. The Bertz CT molecular complexity index is 896. The van der Waals surface area contributed by atoms with E-state index in [2.05, 4.69) is 0 Å². The molecule has 5 heteroatoms. The second-order valence-electron chi connectivity index (χ2n) is 5.35. The van der Waals surface area contributed by atoms with Gasteiger partial charge in [0.2, 0.25) is 0 Å². The predicted molar refractivity (Wildman–Crippen MR) is 87.7 cm³/mol. The van der Waals surface area contributed by atoms with Crippen LogP contribution in [0.5, 0.6) is 0 Å². The van der Waals surface area contributed by atoms with E-state index in [1.54, 1.807) is 6.07 Å². The number of carboxylic acids is 1. The molecule has 0 bridgehead atoms. The van der Waals surface area contributed by atoms with Gasteiger partial charge in [-0.25, -0.2) is 0 Å². The highest BCUT2D eigenvalue weighted by Crippen LogP contribution is 2.25. The van der Waals surface area contributed by atoms with Crippen LogP contribution in [0.25, 0.3) is 16.6 Å². The Morgan fingerprint density at radius 2 is 1.83 bits per heavy atom. The fourth-order valence-corrected chi connectivity index (χ4v) is 2.72. The van der Waals surface area contributed by atoms with E-state index in [-0.39, 0.29) is 6.42 Å². The van der Waals surface area contributed by atoms with Crippen molar-refractivity contribution in [1.82, 2.24) is 4.57 Å². The van der Waals surface area contributed by atoms with Gasteiger partial charge in [0.25, 0.3) is 5.91 Å². The average molecular weight is 308 g/mol. The van der Waals surface area contributed by atoms with Gasteiger partial charge in [-0.2, -0.15) is 0 Å². The number of aromatic nitrogens is 1. The molecule has 0 saturated carbocycles. The van der Waals surface area contributed by atoms with Gasteiger partial charge < -0.3 is 15.4 Å². The van der Waals surface area contributed by atoms with Crippen LogP contribution < -0.4 is 5.73 Å².